The molecule has 108 valence electrons. The first-order valence-electron chi connectivity index (χ1n) is 5.82. The lowest BCUT2D eigenvalue weighted by Crippen LogP contribution is -2.39. The molecule has 0 bridgehead atoms. The largest absolute Gasteiger partial charge is 0.370 e. The first-order chi connectivity index (χ1) is 9.22. The Morgan fingerprint density at radius 1 is 1.35 bits per heavy atom. The van der Waals surface area contributed by atoms with Crippen molar-refractivity contribution < 1.29 is 14.5 Å². The highest BCUT2D eigenvalue weighted by molar-refractivity contribution is 5.98. The normalized spacial score (nSPS) is 11.8. The molecule has 20 heavy (non-hydrogen) atoms. The fourth-order valence-electron chi connectivity index (χ4n) is 1.71. The third-order valence-corrected chi connectivity index (χ3v) is 2.76. The average molecular weight is 280 g/mol. The Bertz CT molecular complexity index is 571. The van der Waals surface area contributed by atoms with Crippen LogP contribution in [0.15, 0.2) is 12.1 Å². The van der Waals surface area contributed by atoms with E-state index in [0.29, 0.717) is 11.1 Å². The predicted molar refractivity (Wildman–Crippen MR) is 73.0 cm³/mol. The van der Waals surface area contributed by atoms with Gasteiger partial charge in [-0.25, -0.2) is 0 Å². The molecule has 1 unspecified atom stereocenters. The zero-order valence-electron chi connectivity index (χ0n) is 11.2. The van der Waals surface area contributed by atoms with Crippen molar-refractivity contribution in [2.45, 2.75) is 26.3 Å². The molecule has 0 aromatic heterocycles. The highest BCUT2D eigenvalue weighted by Crippen LogP contribution is 2.26. The molecule has 0 fully saturated rings. The van der Waals surface area contributed by atoms with E-state index in [9.17, 15) is 19.7 Å². The van der Waals surface area contributed by atoms with E-state index >= 15 is 0 Å². The summed E-state index contributed by atoms with van der Waals surface area (Å²) in [7, 11) is 0. The van der Waals surface area contributed by atoms with Gasteiger partial charge in [0.05, 0.1) is 23.1 Å². The van der Waals surface area contributed by atoms with Gasteiger partial charge in [-0.15, -0.1) is 0 Å². The number of rotatable bonds is 5. The number of hydrogen-bond donors (Lipinski definition) is 3. The number of aryl methyl sites for hydroxylation is 2. The number of amides is 2. The summed E-state index contributed by atoms with van der Waals surface area (Å²) in [4.78, 5) is 32.8. The van der Waals surface area contributed by atoms with Gasteiger partial charge >= 0.3 is 0 Å². The zero-order chi connectivity index (χ0) is 15.4. The van der Waals surface area contributed by atoms with E-state index in [2.05, 4.69) is 5.32 Å². The lowest BCUT2D eigenvalue weighted by atomic mass is 10.1. The van der Waals surface area contributed by atoms with Gasteiger partial charge in [-0.3, -0.25) is 19.7 Å². The van der Waals surface area contributed by atoms with Crippen LogP contribution in [0.1, 0.15) is 17.5 Å². The van der Waals surface area contributed by atoms with Crippen LogP contribution in [-0.4, -0.2) is 22.8 Å². The van der Waals surface area contributed by atoms with Crippen molar-refractivity contribution in [2.75, 3.05) is 5.32 Å². The maximum absolute atomic E-state index is 11.8. The second-order valence-corrected chi connectivity index (χ2v) is 4.48. The van der Waals surface area contributed by atoms with Gasteiger partial charge < -0.3 is 16.8 Å². The minimum absolute atomic E-state index is 0.102. The van der Waals surface area contributed by atoms with Gasteiger partial charge in [0.1, 0.15) is 0 Å². The van der Waals surface area contributed by atoms with Crippen molar-refractivity contribution in [1.82, 2.24) is 0 Å². The fourth-order valence-corrected chi connectivity index (χ4v) is 1.71. The zero-order valence-corrected chi connectivity index (χ0v) is 11.2. The van der Waals surface area contributed by atoms with E-state index in [0.717, 1.165) is 0 Å². The fraction of sp³-hybridized carbons (Fsp3) is 0.333. The molecule has 0 saturated heterocycles. The molecule has 8 heteroatoms. The Hall–Kier alpha value is -2.48. The highest BCUT2D eigenvalue weighted by Gasteiger charge is 2.19. The number of benzene rings is 1. The lowest BCUT2D eigenvalue weighted by Gasteiger charge is -2.13. The third kappa shape index (κ3) is 3.75. The van der Waals surface area contributed by atoms with Crippen molar-refractivity contribution in [3.05, 3.63) is 33.4 Å². The number of nitro benzene ring substituents is 1. The SMILES string of the molecule is Cc1cc(C)c([N+](=O)[O-])cc1NC(=O)C(N)CC(N)=O. The van der Waals surface area contributed by atoms with Crippen LogP contribution >= 0.6 is 0 Å². The van der Waals surface area contributed by atoms with Crippen molar-refractivity contribution in [1.29, 1.82) is 0 Å². The molecule has 1 aromatic rings. The van der Waals surface area contributed by atoms with Gasteiger partial charge in [0.15, 0.2) is 0 Å². The van der Waals surface area contributed by atoms with Crippen LogP contribution in [0, 0.1) is 24.0 Å². The molecule has 0 aliphatic rings. The number of nitrogens with one attached hydrogen (secondary N) is 1. The smallest absolute Gasteiger partial charge is 0.274 e. The topological polar surface area (TPSA) is 141 Å². The minimum Gasteiger partial charge on any atom is -0.370 e. The summed E-state index contributed by atoms with van der Waals surface area (Å²) in [6, 6.07) is 1.76. The van der Waals surface area contributed by atoms with Crippen LogP contribution in [0.5, 0.6) is 0 Å². The van der Waals surface area contributed by atoms with Crippen LogP contribution in [0.2, 0.25) is 0 Å². The number of carbonyl (C=O) groups excluding carboxylic acids is 2. The molecule has 0 heterocycles. The molecule has 2 amide bonds. The van der Waals surface area contributed by atoms with Crippen LogP contribution in [0.4, 0.5) is 11.4 Å². The molecule has 1 aromatic carbocycles. The number of anilines is 1. The Labute approximate surface area is 115 Å². The summed E-state index contributed by atoms with van der Waals surface area (Å²) < 4.78 is 0. The van der Waals surface area contributed by atoms with Gasteiger partial charge in [-0.05, 0) is 25.5 Å². The molecular weight excluding hydrogens is 264 g/mol. The molecule has 1 rings (SSSR count). The molecule has 0 radical (unpaired) electrons. The van der Waals surface area contributed by atoms with E-state index in [4.69, 9.17) is 11.5 Å². The minimum atomic E-state index is -1.09. The summed E-state index contributed by atoms with van der Waals surface area (Å²) in [5, 5.41) is 13.3. The van der Waals surface area contributed by atoms with Crippen LogP contribution < -0.4 is 16.8 Å². The molecule has 0 spiro atoms. The maximum Gasteiger partial charge on any atom is 0.274 e. The molecule has 1 atom stereocenters. The van der Waals surface area contributed by atoms with E-state index in [1.54, 1.807) is 19.9 Å². The number of primary amides is 1. The Balaban J connectivity index is 2.97. The number of carbonyl (C=O) groups is 2. The van der Waals surface area contributed by atoms with Crippen LogP contribution in [0.25, 0.3) is 0 Å². The van der Waals surface area contributed by atoms with Crippen molar-refractivity contribution >= 4 is 23.2 Å². The van der Waals surface area contributed by atoms with Gasteiger partial charge in [0.25, 0.3) is 5.69 Å². The van der Waals surface area contributed by atoms with E-state index in [-0.39, 0.29) is 17.8 Å². The molecular formula is C12H16N4O4. The standard InChI is InChI=1S/C12H16N4O4/c1-6-3-7(2)10(16(19)20)5-9(6)15-12(18)8(13)4-11(14)17/h3,5,8H,4,13H2,1-2H3,(H2,14,17)(H,15,18). The van der Waals surface area contributed by atoms with Crippen molar-refractivity contribution in [3.8, 4) is 0 Å². The number of nitro groups is 1. The van der Waals surface area contributed by atoms with Gasteiger partial charge in [0.2, 0.25) is 11.8 Å². The van der Waals surface area contributed by atoms with Gasteiger partial charge in [-0.2, -0.15) is 0 Å². The molecule has 5 N–H and O–H groups in total. The predicted octanol–water partition coefficient (Wildman–Crippen LogP) is 0.353. The first kappa shape index (κ1) is 15.6. The number of nitrogens with two attached hydrogens (primary N) is 2. The molecule has 8 nitrogen and oxygen atoms in total. The van der Waals surface area contributed by atoms with Crippen LogP contribution in [0.3, 0.4) is 0 Å². The average Bonchev–Trinajstić information content (AvgIpc) is 2.30. The van der Waals surface area contributed by atoms with Crippen LogP contribution in [-0.2, 0) is 9.59 Å². The lowest BCUT2D eigenvalue weighted by molar-refractivity contribution is -0.385. The third-order valence-electron chi connectivity index (χ3n) is 2.76. The molecule has 0 saturated carbocycles. The van der Waals surface area contributed by atoms with Gasteiger partial charge in [-0.1, -0.05) is 0 Å². The number of hydrogen-bond acceptors (Lipinski definition) is 5. The molecule has 0 aliphatic carbocycles. The summed E-state index contributed by atoms with van der Waals surface area (Å²) >= 11 is 0. The Morgan fingerprint density at radius 2 is 1.95 bits per heavy atom. The summed E-state index contributed by atoms with van der Waals surface area (Å²) in [5.41, 5.74) is 11.8. The maximum atomic E-state index is 11.8. The van der Waals surface area contributed by atoms with E-state index < -0.39 is 22.8 Å². The van der Waals surface area contributed by atoms with Crippen molar-refractivity contribution in [2.24, 2.45) is 11.5 Å². The number of nitrogens with zero attached hydrogens (tertiary/aromatic N) is 1. The second-order valence-electron chi connectivity index (χ2n) is 4.48. The van der Waals surface area contributed by atoms with Gasteiger partial charge in [0, 0.05) is 11.6 Å². The quantitative estimate of drug-likeness (QED) is 0.527. The summed E-state index contributed by atoms with van der Waals surface area (Å²) in [5.74, 6) is -1.32. The van der Waals surface area contributed by atoms with E-state index in [1.807, 2.05) is 0 Å². The Morgan fingerprint density at radius 3 is 2.45 bits per heavy atom. The van der Waals surface area contributed by atoms with E-state index in [1.165, 1.54) is 6.07 Å². The highest BCUT2D eigenvalue weighted by atomic mass is 16.6. The monoisotopic (exact) mass is 280 g/mol. The Kier molecular flexibility index (Phi) is 4.76. The second kappa shape index (κ2) is 6.11. The first-order valence-corrected chi connectivity index (χ1v) is 5.82. The summed E-state index contributed by atoms with van der Waals surface area (Å²) in [6.45, 7) is 3.31. The molecule has 0 aliphatic heterocycles. The summed E-state index contributed by atoms with van der Waals surface area (Å²) in [6.07, 6.45) is -0.293. The van der Waals surface area contributed by atoms with Crippen molar-refractivity contribution in [3.63, 3.8) is 0 Å².